The van der Waals surface area contributed by atoms with E-state index in [-0.39, 0.29) is 16.2 Å². The van der Waals surface area contributed by atoms with Gasteiger partial charge in [0.1, 0.15) is 5.75 Å². The molecule has 0 aromatic carbocycles. The number of hydrogen-bond donors (Lipinski definition) is 2. The Morgan fingerprint density at radius 2 is 2.21 bits per heavy atom. The number of rotatable bonds is 5. The minimum absolute atomic E-state index is 0.0597. The van der Waals surface area contributed by atoms with Gasteiger partial charge >= 0.3 is 0 Å². The molecular weight excluding hydrogens is 284 g/mol. The van der Waals surface area contributed by atoms with E-state index < -0.39 is 10.0 Å². The summed E-state index contributed by atoms with van der Waals surface area (Å²) in [5.74, 6) is 0.632. The predicted molar refractivity (Wildman–Crippen MR) is 76.0 cm³/mol. The average molecular weight is 304 g/mol. The van der Waals surface area contributed by atoms with Crippen LogP contribution in [0.2, 0.25) is 0 Å². The fourth-order valence-electron chi connectivity index (χ4n) is 2.53. The zero-order valence-electron chi connectivity index (χ0n) is 11.0. The van der Waals surface area contributed by atoms with Crippen LogP contribution in [0.15, 0.2) is 15.7 Å². The molecule has 1 aliphatic rings. The van der Waals surface area contributed by atoms with E-state index in [1.807, 2.05) is 0 Å². The Kier molecular flexibility index (Phi) is 4.83. The maximum atomic E-state index is 12.4. The largest absolute Gasteiger partial charge is 0.494 e. The summed E-state index contributed by atoms with van der Waals surface area (Å²) in [6.07, 6.45) is 4.02. The number of thiophene rings is 1. The summed E-state index contributed by atoms with van der Waals surface area (Å²) in [5.41, 5.74) is 5.73. The van der Waals surface area contributed by atoms with Crippen LogP contribution in [0.5, 0.6) is 5.75 Å². The molecule has 0 saturated heterocycles. The summed E-state index contributed by atoms with van der Waals surface area (Å²) in [4.78, 5) is 0. The van der Waals surface area contributed by atoms with E-state index in [2.05, 4.69) is 4.72 Å². The van der Waals surface area contributed by atoms with Crippen molar-refractivity contribution in [3.8, 4) is 5.75 Å². The lowest BCUT2D eigenvalue weighted by Crippen LogP contribution is -2.44. The Labute approximate surface area is 118 Å². The topological polar surface area (TPSA) is 81.4 Å². The van der Waals surface area contributed by atoms with Crippen LogP contribution in [0.4, 0.5) is 0 Å². The van der Waals surface area contributed by atoms with E-state index in [4.69, 9.17) is 10.5 Å². The number of sulfonamides is 1. The van der Waals surface area contributed by atoms with Gasteiger partial charge in [0, 0.05) is 6.04 Å². The molecule has 1 aromatic rings. The maximum absolute atomic E-state index is 12.4. The number of methoxy groups -OCH3 is 1. The summed E-state index contributed by atoms with van der Waals surface area (Å²) < 4.78 is 32.9. The molecule has 0 unspecified atom stereocenters. The van der Waals surface area contributed by atoms with Gasteiger partial charge in [-0.2, -0.15) is 0 Å². The average Bonchev–Trinajstić information content (AvgIpc) is 2.88. The van der Waals surface area contributed by atoms with Crippen LogP contribution in [0.1, 0.15) is 25.7 Å². The lowest BCUT2D eigenvalue weighted by atomic mass is 9.85. The number of nitrogens with two attached hydrogens (primary N) is 1. The molecule has 108 valence electrons. The van der Waals surface area contributed by atoms with Gasteiger partial charge < -0.3 is 10.5 Å². The van der Waals surface area contributed by atoms with Gasteiger partial charge in [-0.05, 0) is 36.8 Å². The lowest BCUT2D eigenvalue weighted by molar-refractivity contribution is 0.296. The molecule has 1 fully saturated rings. The first-order valence-electron chi connectivity index (χ1n) is 6.42. The highest BCUT2D eigenvalue weighted by molar-refractivity contribution is 7.91. The molecule has 0 radical (unpaired) electrons. The van der Waals surface area contributed by atoms with Crippen LogP contribution >= 0.6 is 11.3 Å². The first-order chi connectivity index (χ1) is 9.08. The molecule has 5 nitrogen and oxygen atoms in total. The Morgan fingerprint density at radius 1 is 1.47 bits per heavy atom. The molecule has 0 spiro atoms. The summed E-state index contributed by atoms with van der Waals surface area (Å²) in [6, 6.07) is 1.61. The van der Waals surface area contributed by atoms with Gasteiger partial charge in [-0.25, -0.2) is 13.1 Å². The van der Waals surface area contributed by atoms with Crippen molar-refractivity contribution in [2.75, 3.05) is 13.7 Å². The number of ether oxygens (including phenoxy) is 1. The highest BCUT2D eigenvalue weighted by Gasteiger charge is 2.30. The maximum Gasteiger partial charge on any atom is 0.254 e. The summed E-state index contributed by atoms with van der Waals surface area (Å²) >= 11 is 1.17. The number of hydrogen-bond acceptors (Lipinski definition) is 5. The predicted octanol–water partition coefficient (Wildman–Crippen LogP) is 1.55. The minimum Gasteiger partial charge on any atom is -0.494 e. The zero-order chi connectivity index (χ0) is 13.9. The zero-order valence-corrected chi connectivity index (χ0v) is 12.6. The van der Waals surface area contributed by atoms with Crippen molar-refractivity contribution in [1.29, 1.82) is 0 Å². The second kappa shape index (κ2) is 6.21. The van der Waals surface area contributed by atoms with E-state index >= 15 is 0 Å². The Morgan fingerprint density at radius 3 is 2.89 bits per heavy atom. The quantitative estimate of drug-likeness (QED) is 0.865. The Hall–Kier alpha value is -0.630. The normalized spacial score (nSPS) is 24.3. The standard InChI is InChI=1S/C12H20N2O3S2/c1-17-11-6-7-18-12(11)19(15,16)14-10-5-3-2-4-9(10)8-13/h6-7,9-10,14H,2-5,8,13H2,1H3/t9-,10-/m0/s1. The highest BCUT2D eigenvalue weighted by atomic mass is 32.2. The van der Waals surface area contributed by atoms with Crippen LogP contribution in [0.3, 0.4) is 0 Å². The highest BCUT2D eigenvalue weighted by Crippen LogP contribution is 2.31. The molecule has 19 heavy (non-hydrogen) atoms. The fourth-order valence-corrected chi connectivity index (χ4v) is 5.16. The van der Waals surface area contributed by atoms with Crippen molar-refractivity contribution in [1.82, 2.24) is 4.72 Å². The molecule has 1 heterocycles. The molecule has 3 N–H and O–H groups in total. The van der Waals surface area contributed by atoms with Crippen molar-refractivity contribution in [3.05, 3.63) is 11.4 Å². The third-order valence-corrected chi connectivity index (χ3v) is 6.51. The van der Waals surface area contributed by atoms with Crippen molar-refractivity contribution in [3.63, 3.8) is 0 Å². The smallest absolute Gasteiger partial charge is 0.254 e. The van der Waals surface area contributed by atoms with Crippen molar-refractivity contribution in [2.45, 2.75) is 35.9 Å². The van der Waals surface area contributed by atoms with Crippen LogP contribution in [-0.4, -0.2) is 28.1 Å². The van der Waals surface area contributed by atoms with Crippen molar-refractivity contribution >= 4 is 21.4 Å². The van der Waals surface area contributed by atoms with Crippen LogP contribution in [0.25, 0.3) is 0 Å². The molecule has 1 saturated carbocycles. The van der Waals surface area contributed by atoms with E-state index in [1.54, 1.807) is 11.4 Å². The van der Waals surface area contributed by atoms with Crippen molar-refractivity contribution < 1.29 is 13.2 Å². The van der Waals surface area contributed by atoms with Gasteiger partial charge in [0.2, 0.25) is 0 Å². The molecule has 7 heteroatoms. The minimum atomic E-state index is -3.51. The van der Waals surface area contributed by atoms with E-state index in [1.165, 1.54) is 18.4 Å². The van der Waals surface area contributed by atoms with Gasteiger partial charge in [0.05, 0.1) is 7.11 Å². The molecular formula is C12H20N2O3S2. The van der Waals surface area contributed by atoms with Crippen LogP contribution in [0, 0.1) is 5.92 Å². The molecule has 2 rings (SSSR count). The second-order valence-corrected chi connectivity index (χ2v) is 7.61. The molecule has 0 aliphatic heterocycles. The monoisotopic (exact) mass is 304 g/mol. The molecule has 1 aliphatic carbocycles. The van der Waals surface area contributed by atoms with Gasteiger partial charge in [0.25, 0.3) is 10.0 Å². The molecule has 1 aromatic heterocycles. The Balaban J connectivity index is 2.16. The summed E-state index contributed by atoms with van der Waals surface area (Å²) in [6.45, 7) is 0.523. The van der Waals surface area contributed by atoms with Gasteiger partial charge in [-0.15, -0.1) is 11.3 Å². The first kappa shape index (κ1) is 14.8. The van der Waals surface area contributed by atoms with Crippen LogP contribution in [-0.2, 0) is 10.0 Å². The second-order valence-electron chi connectivity index (χ2n) is 4.78. The Bertz CT molecular complexity index is 513. The third-order valence-electron chi connectivity index (χ3n) is 3.58. The number of nitrogens with one attached hydrogen (secondary N) is 1. The van der Waals surface area contributed by atoms with Gasteiger partial charge in [0.15, 0.2) is 4.21 Å². The van der Waals surface area contributed by atoms with Gasteiger partial charge in [-0.3, -0.25) is 0 Å². The fraction of sp³-hybridized carbons (Fsp3) is 0.667. The third kappa shape index (κ3) is 3.28. The SMILES string of the molecule is COc1ccsc1S(=O)(=O)N[C@H]1CCCC[C@H]1CN. The first-order valence-corrected chi connectivity index (χ1v) is 8.78. The molecule has 2 atom stereocenters. The summed E-state index contributed by atoms with van der Waals surface area (Å²) in [7, 11) is -2.04. The molecule has 0 amide bonds. The molecule has 0 bridgehead atoms. The van der Waals surface area contributed by atoms with Gasteiger partial charge in [-0.1, -0.05) is 12.8 Å². The van der Waals surface area contributed by atoms with Crippen molar-refractivity contribution in [2.24, 2.45) is 11.7 Å². The summed E-state index contributed by atoms with van der Waals surface area (Å²) in [5, 5.41) is 1.72. The lowest BCUT2D eigenvalue weighted by Gasteiger charge is -2.30. The van der Waals surface area contributed by atoms with E-state index in [0.29, 0.717) is 12.3 Å². The van der Waals surface area contributed by atoms with E-state index in [0.717, 1.165) is 25.7 Å². The van der Waals surface area contributed by atoms with Crippen LogP contribution < -0.4 is 15.2 Å². The van der Waals surface area contributed by atoms with E-state index in [9.17, 15) is 8.42 Å².